The Morgan fingerprint density at radius 1 is 1.28 bits per heavy atom. The number of hydrogen-bond acceptors (Lipinski definition) is 4. The second-order valence-electron chi connectivity index (χ2n) is 3.67. The average molecular weight is 245 g/mol. The van der Waals surface area contributed by atoms with E-state index in [0.29, 0.717) is 23.3 Å². The molecule has 5 nitrogen and oxygen atoms in total. The van der Waals surface area contributed by atoms with Crippen molar-refractivity contribution in [1.82, 2.24) is 5.32 Å². The van der Waals surface area contributed by atoms with E-state index in [-0.39, 0.29) is 0 Å². The lowest BCUT2D eigenvalue weighted by Gasteiger charge is -1.98. The van der Waals surface area contributed by atoms with Crippen molar-refractivity contribution in [2.24, 2.45) is 0 Å². The second-order valence-corrected chi connectivity index (χ2v) is 3.67. The van der Waals surface area contributed by atoms with Crippen molar-refractivity contribution >= 4 is 23.9 Å². The van der Waals surface area contributed by atoms with Crippen LogP contribution in [0.25, 0.3) is 6.08 Å². The lowest BCUT2D eigenvalue weighted by atomic mass is 10.1. The first kappa shape index (κ1) is 12.0. The van der Waals surface area contributed by atoms with E-state index in [1.165, 1.54) is 12.2 Å². The predicted molar refractivity (Wildman–Crippen MR) is 63.9 cm³/mol. The van der Waals surface area contributed by atoms with Gasteiger partial charge >= 0.3 is 5.97 Å². The number of fused-ring (bicyclic) bond motifs is 1. The lowest BCUT2D eigenvalue weighted by Crippen LogP contribution is -2.19. The Hall–Kier alpha value is -2.43. The predicted octanol–water partition coefficient (Wildman–Crippen LogP) is 1.15. The summed E-state index contributed by atoms with van der Waals surface area (Å²) >= 11 is 0. The van der Waals surface area contributed by atoms with E-state index < -0.39 is 17.8 Å². The maximum absolute atomic E-state index is 11.4. The summed E-state index contributed by atoms with van der Waals surface area (Å²) in [6, 6.07) is 4.78. The summed E-state index contributed by atoms with van der Waals surface area (Å²) in [7, 11) is 0. The molecule has 0 unspecified atom stereocenters. The Labute approximate surface area is 103 Å². The summed E-state index contributed by atoms with van der Waals surface area (Å²) in [4.78, 5) is 33.9. The largest absolute Gasteiger partial charge is 0.463 e. The van der Waals surface area contributed by atoms with E-state index in [1.54, 1.807) is 25.1 Å². The topological polar surface area (TPSA) is 72.5 Å². The highest BCUT2D eigenvalue weighted by Gasteiger charge is 2.26. The van der Waals surface area contributed by atoms with Gasteiger partial charge in [0, 0.05) is 6.08 Å². The van der Waals surface area contributed by atoms with Gasteiger partial charge in [0.25, 0.3) is 11.8 Å². The molecule has 1 N–H and O–H groups in total. The third-order valence-electron chi connectivity index (χ3n) is 2.46. The maximum Gasteiger partial charge on any atom is 0.330 e. The molecule has 2 rings (SSSR count). The smallest absolute Gasteiger partial charge is 0.330 e. The summed E-state index contributed by atoms with van der Waals surface area (Å²) in [6.45, 7) is 2.03. The molecule has 0 aliphatic carbocycles. The van der Waals surface area contributed by atoms with Crippen LogP contribution < -0.4 is 5.32 Å². The summed E-state index contributed by atoms with van der Waals surface area (Å²) in [5.41, 5.74) is 1.34. The molecule has 1 heterocycles. The molecule has 0 spiro atoms. The average Bonchev–Trinajstić information content (AvgIpc) is 2.63. The molecule has 1 aliphatic heterocycles. The first-order valence-electron chi connectivity index (χ1n) is 5.46. The highest BCUT2D eigenvalue weighted by atomic mass is 16.5. The summed E-state index contributed by atoms with van der Waals surface area (Å²) in [5.74, 6) is -1.25. The van der Waals surface area contributed by atoms with Crippen molar-refractivity contribution < 1.29 is 19.1 Å². The molecule has 1 aromatic rings. The molecule has 5 heteroatoms. The van der Waals surface area contributed by atoms with Gasteiger partial charge in [-0.15, -0.1) is 0 Å². The van der Waals surface area contributed by atoms with Gasteiger partial charge in [-0.2, -0.15) is 0 Å². The quantitative estimate of drug-likeness (QED) is 0.492. The van der Waals surface area contributed by atoms with Gasteiger partial charge in [0.1, 0.15) is 0 Å². The van der Waals surface area contributed by atoms with Crippen LogP contribution in [-0.2, 0) is 9.53 Å². The number of carbonyl (C=O) groups excluding carboxylic acids is 3. The van der Waals surface area contributed by atoms with Crippen molar-refractivity contribution in [1.29, 1.82) is 0 Å². The first-order chi connectivity index (χ1) is 8.61. The fourth-order valence-corrected chi connectivity index (χ4v) is 1.64. The van der Waals surface area contributed by atoms with Crippen molar-refractivity contribution in [2.75, 3.05) is 6.61 Å². The number of imide groups is 1. The Morgan fingerprint density at radius 3 is 2.72 bits per heavy atom. The number of benzene rings is 1. The third kappa shape index (κ3) is 2.29. The van der Waals surface area contributed by atoms with Crippen LogP contribution in [0.3, 0.4) is 0 Å². The molecule has 2 amide bonds. The first-order valence-corrected chi connectivity index (χ1v) is 5.46. The highest BCUT2D eigenvalue weighted by molar-refractivity contribution is 6.21. The van der Waals surface area contributed by atoms with Crippen molar-refractivity contribution in [2.45, 2.75) is 6.92 Å². The minimum absolute atomic E-state index is 0.310. The van der Waals surface area contributed by atoms with Gasteiger partial charge in [-0.3, -0.25) is 14.9 Å². The number of hydrogen-bond donors (Lipinski definition) is 1. The highest BCUT2D eigenvalue weighted by Crippen LogP contribution is 2.18. The molecular weight excluding hydrogens is 234 g/mol. The molecule has 0 fully saturated rings. The minimum atomic E-state index is -0.446. The Kier molecular flexibility index (Phi) is 3.23. The fourth-order valence-electron chi connectivity index (χ4n) is 1.64. The molecule has 1 aromatic carbocycles. The van der Waals surface area contributed by atoms with Crippen LogP contribution in [0.5, 0.6) is 0 Å². The molecule has 18 heavy (non-hydrogen) atoms. The zero-order valence-electron chi connectivity index (χ0n) is 9.73. The number of amides is 2. The summed E-state index contributed by atoms with van der Waals surface area (Å²) in [6.07, 6.45) is 2.81. The molecule has 1 aliphatic rings. The van der Waals surface area contributed by atoms with Crippen molar-refractivity contribution in [3.8, 4) is 0 Å². The number of ether oxygens (including phenoxy) is 1. The van der Waals surface area contributed by atoms with Gasteiger partial charge in [0.15, 0.2) is 0 Å². The van der Waals surface area contributed by atoms with Gasteiger partial charge in [-0.25, -0.2) is 4.79 Å². The molecule has 0 saturated carbocycles. The zero-order chi connectivity index (χ0) is 13.1. The van der Waals surface area contributed by atoms with E-state index in [4.69, 9.17) is 4.74 Å². The standard InChI is InChI=1S/C13H11NO4/c1-2-18-11(15)6-4-8-3-5-9-10(7-8)13(17)14-12(9)16/h3-7H,2H2,1H3,(H,14,16,17). The number of carbonyl (C=O) groups is 3. The van der Waals surface area contributed by atoms with E-state index in [9.17, 15) is 14.4 Å². The van der Waals surface area contributed by atoms with Crippen molar-refractivity contribution in [3.05, 3.63) is 41.0 Å². The van der Waals surface area contributed by atoms with Crippen LogP contribution in [0.4, 0.5) is 0 Å². The Balaban J connectivity index is 2.23. The normalized spacial score (nSPS) is 13.6. The summed E-state index contributed by atoms with van der Waals surface area (Å²) in [5, 5.41) is 2.20. The summed E-state index contributed by atoms with van der Waals surface area (Å²) < 4.78 is 4.74. The van der Waals surface area contributed by atoms with E-state index in [0.717, 1.165) is 0 Å². The molecule has 0 saturated heterocycles. The fraction of sp³-hybridized carbons (Fsp3) is 0.154. The molecule has 0 radical (unpaired) electrons. The van der Waals surface area contributed by atoms with Gasteiger partial charge in [0.05, 0.1) is 17.7 Å². The zero-order valence-corrected chi connectivity index (χ0v) is 9.73. The van der Waals surface area contributed by atoms with Gasteiger partial charge in [-0.05, 0) is 30.7 Å². The van der Waals surface area contributed by atoms with Gasteiger partial charge < -0.3 is 4.74 Å². The van der Waals surface area contributed by atoms with Crippen LogP contribution in [0.1, 0.15) is 33.2 Å². The van der Waals surface area contributed by atoms with Crippen molar-refractivity contribution in [3.63, 3.8) is 0 Å². The lowest BCUT2D eigenvalue weighted by molar-refractivity contribution is -0.137. The van der Waals surface area contributed by atoms with E-state index >= 15 is 0 Å². The number of esters is 1. The number of nitrogens with one attached hydrogen (secondary N) is 1. The van der Waals surface area contributed by atoms with Crippen LogP contribution in [0.2, 0.25) is 0 Å². The van der Waals surface area contributed by atoms with Crippen LogP contribution in [0, 0.1) is 0 Å². The van der Waals surface area contributed by atoms with Gasteiger partial charge in [-0.1, -0.05) is 6.07 Å². The molecular formula is C13H11NO4. The third-order valence-corrected chi connectivity index (χ3v) is 2.46. The minimum Gasteiger partial charge on any atom is -0.463 e. The van der Waals surface area contributed by atoms with Gasteiger partial charge in [0.2, 0.25) is 0 Å². The monoisotopic (exact) mass is 245 g/mol. The van der Waals surface area contributed by atoms with Crippen LogP contribution in [0.15, 0.2) is 24.3 Å². The van der Waals surface area contributed by atoms with E-state index in [1.807, 2.05) is 0 Å². The molecule has 0 aromatic heterocycles. The molecule has 0 atom stereocenters. The van der Waals surface area contributed by atoms with Crippen LogP contribution >= 0.6 is 0 Å². The molecule has 92 valence electrons. The maximum atomic E-state index is 11.4. The second kappa shape index (κ2) is 4.83. The molecule has 0 bridgehead atoms. The Bertz CT molecular complexity index is 560. The Morgan fingerprint density at radius 2 is 2.00 bits per heavy atom. The van der Waals surface area contributed by atoms with Crippen LogP contribution in [-0.4, -0.2) is 24.4 Å². The van der Waals surface area contributed by atoms with E-state index in [2.05, 4.69) is 5.32 Å². The number of rotatable bonds is 3. The SMILES string of the molecule is CCOC(=O)C=Cc1ccc2c(c1)C(=O)NC2=O.